The lowest BCUT2D eigenvalue weighted by molar-refractivity contribution is 0.415. The zero-order valence-electron chi connectivity index (χ0n) is 16.7. The van der Waals surface area contributed by atoms with E-state index in [4.69, 9.17) is 9.15 Å². The quantitative estimate of drug-likeness (QED) is 0.432. The van der Waals surface area contributed by atoms with Gasteiger partial charge in [-0.2, -0.15) is 0 Å². The summed E-state index contributed by atoms with van der Waals surface area (Å²) in [4.78, 5) is 17.8. The maximum Gasteiger partial charge on any atom is 0.260 e. The number of hydrogen-bond acceptors (Lipinski definition) is 6. The second-order valence-electron chi connectivity index (χ2n) is 6.96. The number of fused-ring (bicyclic) bond motifs is 1. The average molecular weight is 410 g/mol. The van der Waals surface area contributed by atoms with Crippen molar-refractivity contribution in [3.05, 3.63) is 95.2 Å². The summed E-state index contributed by atoms with van der Waals surface area (Å²) in [5, 5.41) is 9.14. The van der Waals surface area contributed by atoms with Gasteiger partial charge >= 0.3 is 0 Å². The van der Waals surface area contributed by atoms with Crippen molar-refractivity contribution < 1.29 is 9.15 Å². The first-order chi connectivity index (χ1) is 15.2. The molecule has 0 fully saturated rings. The Morgan fingerprint density at radius 3 is 2.52 bits per heavy atom. The Hall–Kier alpha value is -4.26. The largest absolute Gasteiger partial charge is 0.497 e. The number of hydrogen-bond donors (Lipinski definition) is 0. The molecule has 7 nitrogen and oxygen atoms in total. The van der Waals surface area contributed by atoms with Gasteiger partial charge in [-0.1, -0.05) is 30.3 Å². The van der Waals surface area contributed by atoms with E-state index < -0.39 is 0 Å². The molecule has 5 aromatic rings. The lowest BCUT2D eigenvalue weighted by Crippen LogP contribution is -2.23. The van der Waals surface area contributed by atoms with E-state index in [0.29, 0.717) is 23.0 Å². The Kier molecular flexibility index (Phi) is 4.76. The summed E-state index contributed by atoms with van der Waals surface area (Å²) in [5.74, 6) is 1.44. The topological polar surface area (TPSA) is 83.0 Å². The molecule has 3 aromatic heterocycles. The van der Waals surface area contributed by atoms with Crippen LogP contribution in [0.2, 0.25) is 0 Å². The van der Waals surface area contributed by atoms with E-state index in [-0.39, 0.29) is 12.1 Å². The molecule has 152 valence electrons. The number of pyridine rings is 2. The van der Waals surface area contributed by atoms with Crippen LogP contribution in [0.1, 0.15) is 5.89 Å². The van der Waals surface area contributed by atoms with Gasteiger partial charge in [-0.05, 0) is 48.0 Å². The predicted octanol–water partition coefficient (Wildman–Crippen LogP) is 4.17. The third-order valence-electron chi connectivity index (χ3n) is 5.03. The van der Waals surface area contributed by atoms with Gasteiger partial charge in [0.2, 0.25) is 11.8 Å². The van der Waals surface area contributed by atoms with Gasteiger partial charge < -0.3 is 9.15 Å². The number of rotatable bonds is 5. The molecule has 0 atom stereocenters. The Bertz CT molecular complexity index is 1410. The van der Waals surface area contributed by atoms with Crippen molar-refractivity contribution in [2.24, 2.45) is 0 Å². The highest BCUT2D eigenvalue weighted by Gasteiger charge is 2.15. The second-order valence-corrected chi connectivity index (χ2v) is 6.96. The van der Waals surface area contributed by atoms with Crippen LogP contribution in [-0.4, -0.2) is 26.9 Å². The van der Waals surface area contributed by atoms with E-state index >= 15 is 0 Å². The lowest BCUT2D eigenvalue weighted by atomic mass is 10.1. The summed E-state index contributed by atoms with van der Waals surface area (Å²) in [6, 6.07) is 22.5. The summed E-state index contributed by atoms with van der Waals surface area (Å²) >= 11 is 0. The number of benzene rings is 2. The SMILES string of the molecule is COc1ccc(-c2nnc(Cn3c(=O)c(-c4ccccc4)cc4cccnc43)o2)cc1. The average Bonchev–Trinajstić information content (AvgIpc) is 3.30. The first-order valence-electron chi connectivity index (χ1n) is 9.74. The molecule has 0 bridgehead atoms. The van der Waals surface area contributed by atoms with Crippen LogP contribution in [0.15, 0.2) is 88.2 Å². The number of aromatic nitrogens is 4. The molecule has 0 saturated heterocycles. The monoisotopic (exact) mass is 410 g/mol. The molecule has 2 aromatic carbocycles. The highest BCUT2D eigenvalue weighted by molar-refractivity contribution is 5.81. The van der Waals surface area contributed by atoms with Gasteiger partial charge in [-0.25, -0.2) is 4.98 Å². The van der Waals surface area contributed by atoms with Gasteiger partial charge in [-0.3, -0.25) is 9.36 Å². The standard InChI is InChI=1S/C24H18N4O3/c1-30-19-11-9-17(10-12-19)23-27-26-21(31-23)15-28-22-18(8-5-13-25-22)14-20(24(28)29)16-6-3-2-4-7-16/h2-14H,15H2,1H3. The molecule has 0 unspecified atom stereocenters. The number of ether oxygens (including phenoxy) is 1. The Morgan fingerprint density at radius 2 is 1.74 bits per heavy atom. The van der Waals surface area contributed by atoms with Crippen molar-refractivity contribution in [3.8, 4) is 28.3 Å². The van der Waals surface area contributed by atoms with E-state index in [1.807, 2.05) is 72.8 Å². The maximum absolute atomic E-state index is 13.4. The summed E-state index contributed by atoms with van der Waals surface area (Å²) in [7, 11) is 1.61. The van der Waals surface area contributed by atoms with Crippen LogP contribution in [0.5, 0.6) is 5.75 Å². The first kappa shape index (κ1) is 18.7. The van der Waals surface area contributed by atoms with Crippen LogP contribution in [0.25, 0.3) is 33.6 Å². The fourth-order valence-corrected chi connectivity index (χ4v) is 3.48. The minimum atomic E-state index is -0.165. The van der Waals surface area contributed by atoms with E-state index in [0.717, 1.165) is 22.3 Å². The first-order valence-corrected chi connectivity index (χ1v) is 9.74. The molecule has 3 heterocycles. The Labute approximate surface area is 177 Å². The van der Waals surface area contributed by atoms with E-state index in [9.17, 15) is 4.79 Å². The fourth-order valence-electron chi connectivity index (χ4n) is 3.48. The van der Waals surface area contributed by atoms with Crippen molar-refractivity contribution in [1.82, 2.24) is 19.7 Å². The molecule has 0 amide bonds. The molecule has 0 spiro atoms. The molecule has 0 radical (unpaired) electrons. The van der Waals surface area contributed by atoms with Crippen molar-refractivity contribution in [2.75, 3.05) is 7.11 Å². The van der Waals surface area contributed by atoms with Crippen molar-refractivity contribution in [2.45, 2.75) is 6.54 Å². The van der Waals surface area contributed by atoms with Crippen molar-refractivity contribution in [3.63, 3.8) is 0 Å². The van der Waals surface area contributed by atoms with Crippen molar-refractivity contribution >= 4 is 11.0 Å². The van der Waals surface area contributed by atoms with Gasteiger partial charge in [0.1, 0.15) is 17.9 Å². The Morgan fingerprint density at radius 1 is 0.935 bits per heavy atom. The van der Waals surface area contributed by atoms with Gasteiger partial charge in [-0.15, -0.1) is 10.2 Å². The minimum Gasteiger partial charge on any atom is -0.497 e. The fraction of sp³-hybridized carbons (Fsp3) is 0.0833. The van der Waals surface area contributed by atoms with Crippen LogP contribution in [-0.2, 0) is 6.54 Å². The van der Waals surface area contributed by atoms with Crippen LogP contribution in [0.4, 0.5) is 0 Å². The summed E-state index contributed by atoms with van der Waals surface area (Å²) in [6.07, 6.45) is 1.66. The molecular weight excluding hydrogens is 392 g/mol. The molecular formula is C24H18N4O3. The normalized spacial score (nSPS) is 11.0. The smallest absolute Gasteiger partial charge is 0.260 e. The second kappa shape index (κ2) is 7.87. The predicted molar refractivity (Wildman–Crippen MR) is 117 cm³/mol. The van der Waals surface area contributed by atoms with Crippen LogP contribution in [0, 0.1) is 0 Å². The van der Waals surface area contributed by atoms with Gasteiger partial charge in [0.25, 0.3) is 5.56 Å². The van der Waals surface area contributed by atoms with Crippen molar-refractivity contribution in [1.29, 1.82) is 0 Å². The zero-order valence-corrected chi connectivity index (χ0v) is 16.7. The lowest BCUT2D eigenvalue weighted by Gasteiger charge is -2.10. The van der Waals surface area contributed by atoms with Crippen LogP contribution in [0.3, 0.4) is 0 Å². The van der Waals surface area contributed by atoms with Gasteiger partial charge in [0, 0.05) is 22.7 Å². The summed E-state index contributed by atoms with van der Waals surface area (Å²) in [5.41, 5.74) is 2.61. The Balaban J connectivity index is 1.57. The van der Waals surface area contributed by atoms with Crippen LogP contribution >= 0.6 is 0 Å². The van der Waals surface area contributed by atoms with E-state index in [2.05, 4.69) is 15.2 Å². The third-order valence-corrected chi connectivity index (χ3v) is 5.03. The van der Waals surface area contributed by atoms with E-state index in [1.165, 1.54) is 0 Å². The molecule has 5 rings (SSSR count). The summed E-state index contributed by atoms with van der Waals surface area (Å²) < 4.78 is 12.6. The minimum absolute atomic E-state index is 0.121. The van der Waals surface area contributed by atoms with E-state index in [1.54, 1.807) is 17.9 Å². The number of nitrogens with zero attached hydrogens (tertiary/aromatic N) is 4. The van der Waals surface area contributed by atoms with Gasteiger partial charge in [0.05, 0.1) is 7.11 Å². The number of methoxy groups -OCH3 is 1. The highest BCUT2D eigenvalue weighted by atomic mass is 16.5. The molecule has 0 aliphatic rings. The molecule has 0 aliphatic carbocycles. The highest BCUT2D eigenvalue weighted by Crippen LogP contribution is 2.23. The maximum atomic E-state index is 13.4. The molecule has 7 heteroatoms. The molecule has 0 saturated carbocycles. The molecule has 0 aliphatic heterocycles. The van der Waals surface area contributed by atoms with Gasteiger partial charge in [0.15, 0.2) is 0 Å². The third kappa shape index (κ3) is 3.57. The van der Waals surface area contributed by atoms with Crippen LogP contribution < -0.4 is 10.3 Å². The zero-order chi connectivity index (χ0) is 21.2. The molecule has 31 heavy (non-hydrogen) atoms. The molecule has 0 N–H and O–H groups in total. The summed E-state index contributed by atoms with van der Waals surface area (Å²) in [6.45, 7) is 0.121.